The molecule has 1 aromatic rings. The lowest BCUT2D eigenvalue weighted by molar-refractivity contribution is 0.0131. The summed E-state index contributed by atoms with van der Waals surface area (Å²) in [6.45, 7) is 6.29. The molecule has 0 amide bonds. The van der Waals surface area contributed by atoms with Crippen LogP contribution in [0.2, 0.25) is 6.55 Å². The Morgan fingerprint density at radius 3 is 2.60 bits per heavy atom. The van der Waals surface area contributed by atoms with E-state index >= 15 is 0 Å². The maximum absolute atomic E-state index is 5.95. The normalized spacial score (nSPS) is 36.7. The minimum Gasteiger partial charge on any atom is -0.390 e. The van der Waals surface area contributed by atoms with Crippen LogP contribution in [0.4, 0.5) is 0 Å². The summed E-state index contributed by atoms with van der Waals surface area (Å²) in [6, 6.07) is 0. The Morgan fingerprint density at radius 1 is 1.40 bits per heavy atom. The smallest absolute Gasteiger partial charge is 0.357 e. The Morgan fingerprint density at radius 2 is 2.07 bits per heavy atom. The second-order valence-corrected chi connectivity index (χ2v) is 7.37. The number of aromatic nitrogens is 3. The molecule has 2 heterocycles. The molecule has 6 heteroatoms. The second kappa shape index (κ2) is 4.03. The molecular formula is C9H17N3O2Si. The van der Waals surface area contributed by atoms with Gasteiger partial charge in [0.15, 0.2) is 0 Å². The van der Waals surface area contributed by atoms with Crippen molar-refractivity contribution >= 4 is 8.56 Å². The summed E-state index contributed by atoms with van der Waals surface area (Å²) in [5.74, 6) is 0. The lowest BCUT2D eigenvalue weighted by atomic mass is 10.2. The monoisotopic (exact) mass is 227 g/mol. The van der Waals surface area contributed by atoms with Crippen LogP contribution in [0.1, 0.15) is 20.3 Å². The Balaban J connectivity index is 2.05. The summed E-state index contributed by atoms with van der Waals surface area (Å²) < 4.78 is 13.7. The average molecular weight is 227 g/mol. The molecule has 1 aromatic heterocycles. The Kier molecular flexibility index (Phi) is 2.90. The van der Waals surface area contributed by atoms with Crippen LogP contribution in [-0.2, 0) is 15.0 Å². The summed E-state index contributed by atoms with van der Waals surface area (Å²) in [7, 11) is -2.11. The summed E-state index contributed by atoms with van der Waals surface area (Å²) in [5.41, 5.74) is 0. The SMILES string of the molecule is CC1CC(C)O[Si](C)(Cn2cncn2)O1. The van der Waals surface area contributed by atoms with E-state index in [0.717, 1.165) is 6.42 Å². The third-order valence-corrected chi connectivity index (χ3v) is 5.18. The predicted molar refractivity (Wildman–Crippen MR) is 57.4 cm³/mol. The fourth-order valence-corrected chi connectivity index (χ4v) is 4.98. The van der Waals surface area contributed by atoms with Crippen LogP contribution in [0.15, 0.2) is 12.7 Å². The van der Waals surface area contributed by atoms with E-state index in [9.17, 15) is 0 Å². The highest BCUT2D eigenvalue weighted by atomic mass is 28.4. The number of rotatable bonds is 2. The molecule has 1 aliphatic heterocycles. The molecule has 1 fully saturated rings. The number of nitrogens with zero attached hydrogens (tertiary/aromatic N) is 3. The van der Waals surface area contributed by atoms with Gasteiger partial charge in [-0.25, -0.2) is 4.98 Å². The maximum Gasteiger partial charge on any atom is 0.357 e. The van der Waals surface area contributed by atoms with Crippen molar-refractivity contribution in [2.75, 3.05) is 0 Å². The quantitative estimate of drug-likeness (QED) is 0.710. The van der Waals surface area contributed by atoms with Gasteiger partial charge in [-0.05, 0) is 26.8 Å². The fourth-order valence-electron chi connectivity index (χ4n) is 2.13. The molecule has 0 N–H and O–H groups in total. The van der Waals surface area contributed by atoms with Gasteiger partial charge in [0.1, 0.15) is 12.7 Å². The first-order valence-electron chi connectivity index (χ1n) is 5.25. The molecule has 5 nitrogen and oxygen atoms in total. The van der Waals surface area contributed by atoms with Crippen molar-refractivity contribution in [1.29, 1.82) is 0 Å². The Hall–Kier alpha value is -0.723. The number of hydrogen-bond acceptors (Lipinski definition) is 4. The first kappa shape index (κ1) is 10.8. The molecular weight excluding hydrogens is 210 g/mol. The van der Waals surface area contributed by atoms with Crippen molar-refractivity contribution in [2.45, 2.75) is 45.2 Å². The van der Waals surface area contributed by atoms with Gasteiger partial charge in [0.05, 0.1) is 6.17 Å². The summed E-state index contributed by atoms with van der Waals surface area (Å²) in [5, 5.41) is 4.09. The van der Waals surface area contributed by atoms with E-state index in [1.807, 2.05) is 0 Å². The highest BCUT2D eigenvalue weighted by molar-refractivity contribution is 6.65. The fraction of sp³-hybridized carbons (Fsp3) is 0.778. The molecule has 0 spiro atoms. The van der Waals surface area contributed by atoms with Crippen LogP contribution < -0.4 is 0 Å². The highest BCUT2D eigenvalue weighted by Crippen LogP contribution is 2.24. The lowest BCUT2D eigenvalue weighted by Gasteiger charge is -2.38. The van der Waals surface area contributed by atoms with Crippen molar-refractivity contribution in [1.82, 2.24) is 14.8 Å². The van der Waals surface area contributed by atoms with Crippen molar-refractivity contribution in [2.24, 2.45) is 0 Å². The zero-order valence-corrected chi connectivity index (χ0v) is 10.4. The van der Waals surface area contributed by atoms with Crippen LogP contribution in [0.3, 0.4) is 0 Å². The van der Waals surface area contributed by atoms with Crippen LogP contribution in [0.5, 0.6) is 0 Å². The molecule has 2 unspecified atom stereocenters. The molecule has 0 radical (unpaired) electrons. The van der Waals surface area contributed by atoms with Crippen LogP contribution >= 0.6 is 0 Å². The van der Waals surface area contributed by atoms with E-state index in [1.54, 1.807) is 11.0 Å². The molecule has 15 heavy (non-hydrogen) atoms. The molecule has 0 bridgehead atoms. The highest BCUT2D eigenvalue weighted by Gasteiger charge is 2.40. The van der Waals surface area contributed by atoms with Gasteiger partial charge < -0.3 is 8.85 Å². The maximum atomic E-state index is 5.95. The van der Waals surface area contributed by atoms with E-state index in [0.29, 0.717) is 6.17 Å². The largest absolute Gasteiger partial charge is 0.390 e. The van der Waals surface area contributed by atoms with Gasteiger partial charge in [0.25, 0.3) is 0 Å². The Labute approximate surface area is 90.7 Å². The van der Waals surface area contributed by atoms with Crippen molar-refractivity contribution in [3.05, 3.63) is 12.7 Å². The first-order valence-corrected chi connectivity index (χ1v) is 7.78. The third kappa shape index (κ3) is 2.64. The predicted octanol–water partition coefficient (Wildman–Crippen LogP) is 1.10. The van der Waals surface area contributed by atoms with Gasteiger partial charge in [-0.2, -0.15) is 5.10 Å². The van der Waals surface area contributed by atoms with Gasteiger partial charge in [0, 0.05) is 12.2 Å². The Bertz CT molecular complexity index is 307. The van der Waals surface area contributed by atoms with Crippen LogP contribution in [-0.4, -0.2) is 35.5 Å². The summed E-state index contributed by atoms with van der Waals surface area (Å²) in [6.07, 6.45) is 5.49. The molecule has 1 aliphatic rings. The van der Waals surface area contributed by atoms with Gasteiger partial charge >= 0.3 is 8.56 Å². The average Bonchev–Trinajstić information content (AvgIpc) is 2.52. The molecule has 0 saturated carbocycles. The van der Waals surface area contributed by atoms with E-state index in [4.69, 9.17) is 8.85 Å². The van der Waals surface area contributed by atoms with E-state index in [1.165, 1.54) is 6.33 Å². The van der Waals surface area contributed by atoms with Gasteiger partial charge in [0.2, 0.25) is 0 Å². The summed E-state index contributed by atoms with van der Waals surface area (Å²) in [4.78, 5) is 3.92. The lowest BCUT2D eigenvalue weighted by Crippen LogP contribution is -2.52. The van der Waals surface area contributed by atoms with Crippen LogP contribution in [0, 0.1) is 0 Å². The van der Waals surface area contributed by atoms with E-state index < -0.39 is 8.56 Å². The zero-order valence-electron chi connectivity index (χ0n) is 9.38. The van der Waals surface area contributed by atoms with E-state index in [2.05, 4.69) is 30.5 Å². The molecule has 0 aromatic carbocycles. The molecule has 84 valence electrons. The first-order chi connectivity index (χ1) is 7.07. The van der Waals surface area contributed by atoms with Crippen molar-refractivity contribution < 1.29 is 8.85 Å². The molecule has 2 atom stereocenters. The molecule has 1 saturated heterocycles. The summed E-state index contributed by atoms with van der Waals surface area (Å²) >= 11 is 0. The van der Waals surface area contributed by atoms with Gasteiger partial charge in [-0.1, -0.05) is 0 Å². The van der Waals surface area contributed by atoms with Crippen LogP contribution in [0.25, 0.3) is 0 Å². The number of hydrogen-bond donors (Lipinski definition) is 0. The van der Waals surface area contributed by atoms with Gasteiger partial charge in [-0.3, -0.25) is 4.68 Å². The minimum absolute atomic E-state index is 0.286. The second-order valence-electron chi connectivity index (χ2n) is 4.32. The molecule has 0 aliphatic carbocycles. The van der Waals surface area contributed by atoms with E-state index in [-0.39, 0.29) is 12.2 Å². The standard InChI is InChI=1S/C9H17N3O2Si/c1-8-4-9(2)14-15(3,13-8)7-12-6-10-5-11-12/h5-6,8-9H,4,7H2,1-3H3. The zero-order chi connectivity index (χ0) is 10.9. The van der Waals surface area contributed by atoms with Crippen molar-refractivity contribution in [3.63, 3.8) is 0 Å². The molecule has 2 rings (SSSR count). The topological polar surface area (TPSA) is 49.2 Å². The van der Waals surface area contributed by atoms with Crippen molar-refractivity contribution in [3.8, 4) is 0 Å². The minimum atomic E-state index is -2.11. The third-order valence-electron chi connectivity index (χ3n) is 2.48. The van der Waals surface area contributed by atoms with Gasteiger partial charge in [-0.15, -0.1) is 0 Å².